The van der Waals surface area contributed by atoms with Crippen molar-refractivity contribution in [3.05, 3.63) is 94.5 Å². The van der Waals surface area contributed by atoms with E-state index >= 15 is 0 Å². The minimum atomic E-state index is -0.778. The second-order valence-electron chi connectivity index (χ2n) is 8.93. The molecule has 0 atom stereocenters. The summed E-state index contributed by atoms with van der Waals surface area (Å²) in [7, 11) is 1.58. The Bertz CT molecular complexity index is 1080. The Balaban J connectivity index is 1.83. The molecule has 3 rings (SSSR count). The summed E-state index contributed by atoms with van der Waals surface area (Å²) in [5.41, 5.74) is 3.81. The van der Waals surface area contributed by atoms with Crippen LogP contribution < -0.4 is 20.1 Å². The van der Waals surface area contributed by atoms with Gasteiger partial charge in [-0.25, -0.2) is 0 Å². The van der Waals surface area contributed by atoms with E-state index in [-0.39, 0.29) is 11.8 Å². The van der Waals surface area contributed by atoms with Crippen LogP contribution in [0.1, 0.15) is 76.2 Å². The molecule has 2 N–H and O–H groups in total. The number of carbonyl (C=O) groups is 2. The first kappa shape index (κ1) is 26.8. The lowest BCUT2D eigenvalue weighted by Gasteiger charge is -2.22. The number of aryl methyl sites for hydroxylation is 2. The molecule has 0 aliphatic carbocycles. The third-order valence-corrected chi connectivity index (χ3v) is 5.95. The van der Waals surface area contributed by atoms with Crippen molar-refractivity contribution in [2.45, 2.75) is 52.6 Å². The lowest BCUT2D eigenvalue weighted by Crippen LogP contribution is -2.41. The number of ether oxygens (including phenoxy) is 2. The summed E-state index contributed by atoms with van der Waals surface area (Å²) in [6.45, 7) is 6.71. The van der Waals surface area contributed by atoms with E-state index in [0.29, 0.717) is 34.8 Å². The maximum absolute atomic E-state index is 13.0. The smallest absolute Gasteiger partial charge is 0.253 e. The summed E-state index contributed by atoms with van der Waals surface area (Å²) in [5, 5.41) is 5.90. The second kappa shape index (κ2) is 13.3. The van der Waals surface area contributed by atoms with Crippen molar-refractivity contribution in [2.75, 3.05) is 13.7 Å². The molecule has 0 aromatic heterocycles. The molecule has 190 valence electrons. The maximum atomic E-state index is 13.0. The van der Waals surface area contributed by atoms with E-state index in [9.17, 15) is 9.59 Å². The van der Waals surface area contributed by atoms with E-state index in [1.807, 2.05) is 50.2 Å². The van der Waals surface area contributed by atoms with Crippen molar-refractivity contribution in [3.63, 3.8) is 0 Å². The number of hydrogen-bond acceptors (Lipinski definition) is 4. The van der Waals surface area contributed by atoms with Crippen LogP contribution in [0.25, 0.3) is 0 Å². The van der Waals surface area contributed by atoms with E-state index in [4.69, 9.17) is 9.47 Å². The third kappa shape index (κ3) is 7.60. The van der Waals surface area contributed by atoms with E-state index in [2.05, 4.69) is 17.6 Å². The van der Waals surface area contributed by atoms with E-state index in [1.54, 1.807) is 37.4 Å². The third-order valence-electron chi connectivity index (χ3n) is 5.95. The lowest BCUT2D eigenvalue weighted by molar-refractivity contribution is 0.0883. The van der Waals surface area contributed by atoms with Crippen LogP contribution in [0, 0.1) is 13.8 Å². The summed E-state index contributed by atoms with van der Waals surface area (Å²) in [6.07, 6.45) is 3.67. The van der Waals surface area contributed by atoms with Crippen molar-refractivity contribution in [1.29, 1.82) is 0 Å². The number of rotatable bonds is 12. The number of hydrogen-bond donors (Lipinski definition) is 2. The molecule has 0 spiro atoms. The molecule has 0 radical (unpaired) electrons. The first-order valence-corrected chi connectivity index (χ1v) is 12.5. The fraction of sp³-hybridized carbons (Fsp3) is 0.333. The highest BCUT2D eigenvalue weighted by atomic mass is 16.5. The Morgan fingerprint density at radius 1 is 0.750 bits per heavy atom. The number of carbonyl (C=O) groups excluding carboxylic acids is 2. The molecule has 0 bridgehead atoms. The zero-order chi connectivity index (χ0) is 25.9. The molecule has 0 heterocycles. The van der Waals surface area contributed by atoms with Gasteiger partial charge < -0.3 is 20.1 Å². The zero-order valence-corrected chi connectivity index (χ0v) is 21.6. The number of benzene rings is 3. The van der Waals surface area contributed by atoms with Crippen molar-refractivity contribution in [2.24, 2.45) is 0 Å². The summed E-state index contributed by atoms with van der Waals surface area (Å²) in [4.78, 5) is 26.1. The predicted molar refractivity (Wildman–Crippen MR) is 143 cm³/mol. The van der Waals surface area contributed by atoms with Gasteiger partial charge in [-0.05, 0) is 62.2 Å². The highest BCUT2D eigenvalue weighted by Gasteiger charge is 2.21. The molecule has 0 fully saturated rings. The minimum absolute atomic E-state index is 0.292. The Morgan fingerprint density at radius 2 is 1.31 bits per heavy atom. The molecule has 0 saturated heterocycles. The molecule has 0 aliphatic heterocycles. The van der Waals surface area contributed by atoms with Crippen molar-refractivity contribution < 1.29 is 19.1 Å². The second-order valence-corrected chi connectivity index (χ2v) is 8.93. The fourth-order valence-corrected chi connectivity index (χ4v) is 3.74. The number of nitrogens with one attached hydrogen (secondary N) is 2. The average Bonchev–Trinajstić information content (AvgIpc) is 2.89. The van der Waals surface area contributed by atoms with Crippen LogP contribution >= 0.6 is 0 Å². The van der Waals surface area contributed by atoms with Crippen molar-refractivity contribution in [1.82, 2.24) is 10.6 Å². The fourth-order valence-electron chi connectivity index (χ4n) is 3.74. The first-order valence-electron chi connectivity index (χ1n) is 12.5. The van der Waals surface area contributed by atoms with Gasteiger partial charge in [-0.3, -0.25) is 9.59 Å². The molecule has 0 unspecified atom stereocenters. The average molecular weight is 489 g/mol. The molecular weight excluding hydrogens is 452 g/mol. The van der Waals surface area contributed by atoms with Gasteiger partial charge in [-0.1, -0.05) is 67.6 Å². The normalized spacial score (nSPS) is 10.7. The van der Waals surface area contributed by atoms with E-state index in [1.165, 1.54) is 12.8 Å². The Morgan fingerprint density at radius 3 is 1.81 bits per heavy atom. The highest BCUT2D eigenvalue weighted by molar-refractivity contribution is 5.96. The van der Waals surface area contributed by atoms with Crippen LogP contribution in [0.3, 0.4) is 0 Å². The molecule has 0 aliphatic rings. The summed E-state index contributed by atoms with van der Waals surface area (Å²) in [5.74, 6) is 0.590. The number of methoxy groups -OCH3 is 1. The number of unbranched alkanes of at least 4 members (excludes halogenated alkanes) is 3. The van der Waals surface area contributed by atoms with Gasteiger partial charge in [-0.2, -0.15) is 0 Å². The summed E-state index contributed by atoms with van der Waals surface area (Å²) < 4.78 is 11.5. The predicted octanol–water partition coefficient (Wildman–Crippen LogP) is 6.13. The SMILES string of the molecule is CCCCCCOc1ccc(C(NC(=O)c2ccc(C)cc2)NC(=O)c2ccc(C)cc2)cc1OC. The van der Waals surface area contributed by atoms with Gasteiger partial charge in [0, 0.05) is 11.1 Å². The summed E-state index contributed by atoms with van der Waals surface area (Å²) >= 11 is 0. The van der Waals surface area contributed by atoms with Crippen LogP contribution in [0.2, 0.25) is 0 Å². The highest BCUT2D eigenvalue weighted by Crippen LogP contribution is 2.30. The molecule has 6 nitrogen and oxygen atoms in total. The van der Waals surface area contributed by atoms with Crippen LogP contribution in [-0.2, 0) is 0 Å². The van der Waals surface area contributed by atoms with Gasteiger partial charge in [0.2, 0.25) is 0 Å². The van der Waals surface area contributed by atoms with Gasteiger partial charge in [0.25, 0.3) is 11.8 Å². The Hall–Kier alpha value is -3.80. The van der Waals surface area contributed by atoms with Crippen LogP contribution in [0.5, 0.6) is 11.5 Å². The van der Waals surface area contributed by atoms with E-state index < -0.39 is 6.17 Å². The maximum Gasteiger partial charge on any atom is 0.253 e. The minimum Gasteiger partial charge on any atom is -0.493 e. The van der Waals surface area contributed by atoms with E-state index in [0.717, 1.165) is 24.0 Å². The molecular formula is C30H36N2O4. The quantitative estimate of drug-likeness (QED) is 0.238. The molecule has 3 aromatic rings. The first-order chi connectivity index (χ1) is 17.4. The van der Waals surface area contributed by atoms with Crippen molar-refractivity contribution >= 4 is 11.8 Å². The van der Waals surface area contributed by atoms with Crippen LogP contribution in [0.15, 0.2) is 66.7 Å². The molecule has 2 amide bonds. The number of amides is 2. The van der Waals surface area contributed by atoms with Gasteiger partial charge in [-0.15, -0.1) is 0 Å². The van der Waals surface area contributed by atoms with Gasteiger partial charge in [0.15, 0.2) is 11.5 Å². The monoisotopic (exact) mass is 488 g/mol. The van der Waals surface area contributed by atoms with Crippen LogP contribution in [-0.4, -0.2) is 25.5 Å². The van der Waals surface area contributed by atoms with Gasteiger partial charge >= 0.3 is 0 Å². The van der Waals surface area contributed by atoms with Gasteiger partial charge in [0.05, 0.1) is 13.7 Å². The standard InChI is InChI=1S/C30H36N2O4/c1-5-6-7-8-19-36-26-18-17-25(20-27(26)35-4)28(31-29(33)23-13-9-21(2)10-14-23)32-30(34)24-15-11-22(3)12-16-24/h9-18,20,28H,5-8,19H2,1-4H3,(H,31,33)(H,32,34). The largest absolute Gasteiger partial charge is 0.493 e. The summed E-state index contributed by atoms with van der Waals surface area (Å²) in [6, 6.07) is 20.0. The molecule has 3 aromatic carbocycles. The molecule has 0 saturated carbocycles. The van der Waals surface area contributed by atoms with Crippen molar-refractivity contribution in [3.8, 4) is 11.5 Å². The van der Waals surface area contributed by atoms with Gasteiger partial charge in [0.1, 0.15) is 6.17 Å². The molecule has 6 heteroatoms. The Kier molecular flexibility index (Phi) is 9.92. The Labute approximate surface area is 214 Å². The lowest BCUT2D eigenvalue weighted by atomic mass is 10.1. The zero-order valence-electron chi connectivity index (χ0n) is 21.6. The molecule has 36 heavy (non-hydrogen) atoms. The van der Waals surface area contributed by atoms with Crippen LogP contribution in [0.4, 0.5) is 0 Å². The topological polar surface area (TPSA) is 76.7 Å².